The minimum atomic E-state index is -0.864. The molecule has 0 saturated carbocycles. The van der Waals surface area contributed by atoms with Gasteiger partial charge >= 0.3 is 5.97 Å². The summed E-state index contributed by atoms with van der Waals surface area (Å²) in [5.74, 6) is 0.198. The molecule has 7 nitrogen and oxygen atoms in total. The van der Waals surface area contributed by atoms with Crippen LogP contribution in [0.1, 0.15) is 35.7 Å². The van der Waals surface area contributed by atoms with Gasteiger partial charge in [0, 0.05) is 17.7 Å². The van der Waals surface area contributed by atoms with Crippen molar-refractivity contribution in [2.75, 3.05) is 0 Å². The highest BCUT2D eigenvalue weighted by atomic mass is 16.4. The van der Waals surface area contributed by atoms with Crippen molar-refractivity contribution in [3.05, 3.63) is 28.7 Å². The van der Waals surface area contributed by atoms with E-state index in [4.69, 9.17) is 9.52 Å². The number of nitrogens with zero attached hydrogens (tertiary/aromatic N) is 4. The number of carboxylic acids is 1. The van der Waals surface area contributed by atoms with Crippen LogP contribution in [0.2, 0.25) is 0 Å². The molecule has 2 aromatic rings. The molecule has 0 spiro atoms. The fourth-order valence-electron chi connectivity index (χ4n) is 1.92. The van der Waals surface area contributed by atoms with Gasteiger partial charge in [0.15, 0.2) is 0 Å². The summed E-state index contributed by atoms with van der Waals surface area (Å²) in [7, 11) is 0. The maximum atomic E-state index is 10.8. The first-order valence-electron chi connectivity index (χ1n) is 6.07. The lowest BCUT2D eigenvalue weighted by Gasteiger charge is -2.01. The Kier molecular flexibility index (Phi) is 3.64. The largest absolute Gasteiger partial charge is 0.481 e. The van der Waals surface area contributed by atoms with Gasteiger partial charge in [-0.15, -0.1) is 10.2 Å². The summed E-state index contributed by atoms with van der Waals surface area (Å²) >= 11 is 0. The minimum absolute atomic E-state index is 0.0261. The standard InChI is InChI=1S/C12H16N4O3/c1-4-10-13-14-11(19-10)6-16-8(3)9(5-12(17)18)7(2)15-16/h4-6H2,1-3H3,(H,17,18). The highest BCUT2D eigenvalue weighted by molar-refractivity contribution is 5.70. The monoisotopic (exact) mass is 264 g/mol. The van der Waals surface area contributed by atoms with Gasteiger partial charge in [-0.2, -0.15) is 5.10 Å². The Bertz CT molecular complexity index is 600. The third kappa shape index (κ3) is 2.81. The van der Waals surface area contributed by atoms with E-state index < -0.39 is 5.97 Å². The molecule has 19 heavy (non-hydrogen) atoms. The van der Waals surface area contributed by atoms with Crippen LogP contribution < -0.4 is 0 Å². The molecule has 2 aromatic heterocycles. The van der Waals surface area contributed by atoms with E-state index in [0.29, 0.717) is 24.7 Å². The van der Waals surface area contributed by atoms with Gasteiger partial charge in [0.05, 0.1) is 12.1 Å². The average Bonchev–Trinajstić information content (AvgIpc) is 2.90. The average molecular weight is 264 g/mol. The van der Waals surface area contributed by atoms with Gasteiger partial charge in [0.2, 0.25) is 11.8 Å². The predicted octanol–water partition coefficient (Wildman–Crippen LogP) is 1.12. The number of rotatable bonds is 5. The molecule has 0 aliphatic carbocycles. The molecular formula is C12H16N4O3. The molecule has 2 rings (SSSR count). The molecule has 0 aliphatic rings. The second-order valence-corrected chi connectivity index (χ2v) is 4.32. The van der Waals surface area contributed by atoms with E-state index in [1.54, 1.807) is 11.6 Å². The molecule has 0 aromatic carbocycles. The van der Waals surface area contributed by atoms with Crippen molar-refractivity contribution >= 4 is 5.97 Å². The van der Waals surface area contributed by atoms with Crippen LogP contribution in [0.15, 0.2) is 4.42 Å². The molecule has 1 N–H and O–H groups in total. The topological polar surface area (TPSA) is 94.0 Å². The maximum Gasteiger partial charge on any atom is 0.307 e. The molecule has 2 heterocycles. The third-order valence-electron chi connectivity index (χ3n) is 2.96. The summed E-state index contributed by atoms with van der Waals surface area (Å²) < 4.78 is 7.12. The van der Waals surface area contributed by atoms with Crippen LogP contribution in [0.3, 0.4) is 0 Å². The van der Waals surface area contributed by atoms with Crippen molar-refractivity contribution < 1.29 is 14.3 Å². The summed E-state index contributed by atoms with van der Waals surface area (Å²) in [5.41, 5.74) is 2.27. The third-order valence-corrected chi connectivity index (χ3v) is 2.96. The van der Waals surface area contributed by atoms with Crippen LogP contribution in [-0.2, 0) is 24.2 Å². The Morgan fingerprint density at radius 2 is 2.00 bits per heavy atom. The Morgan fingerprint density at radius 1 is 1.32 bits per heavy atom. The molecule has 0 bridgehead atoms. The predicted molar refractivity (Wildman–Crippen MR) is 65.8 cm³/mol. The molecule has 0 unspecified atom stereocenters. The van der Waals surface area contributed by atoms with Crippen molar-refractivity contribution in [2.45, 2.75) is 40.2 Å². The van der Waals surface area contributed by atoms with E-state index in [1.165, 1.54) is 0 Å². The van der Waals surface area contributed by atoms with Crippen LogP contribution in [0.5, 0.6) is 0 Å². The van der Waals surface area contributed by atoms with Crippen molar-refractivity contribution in [3.8, 4) is 0 Å². The highest BCUT2D eigenvalue weighted by Gasteiger charge is 2.16. The zero-order chi connectivity index (χ0) is 14.0. The first-order valence-corrected chi connectivity index (χ1v) is 6.07. The number of aromatic nitrogens is 4. The second kappa shape index (κ2) is 5.21. The molecule has 0 aliphatic heterocycles. The molecular weight excluding hydrogens is 248 g/mol. The summed E-state index contributed by atoms with van der Waals surface area (Å²) in [4.78, 5) is 10.8. The number of aryl methyl sites for hydroxylation is 2. The lowest BCUT2D eigenvalue weighted by atomic mass is 10.1. The van der Waals surface area contributed by atoms with E-state index in [-0.39, 0.29) is 6.42 Å². The first kappa shape index (κ1) is 13.3. The molecule has 102 valence electrons. The van der Waals surface area contributed by atoms with Crippen molar-refractivity contribution in [3.63, 3.8) is 0 Å². The van der Waals surface area contributed by atoms with E-state index >= 15 is 0 Å². The summed E-state index contributed by atoms with van der Waals surface area (Å²) in [6.45, 7) is 5.94. The van der Waals surface area contributed by atoms with Gasteiger partial charge in [-0.3, -0.25) is 9.48 Å². The lowest BCUT2D eigenvalue weighted by molar-refractivity contribution is -0.136. The molecule has 0 atom stereocenters. The van der Waals surface area contributed by atoms with Gasteiger partial charge < -0.3 is 9.52 Å². The number of hydrogen-bond donors (Lipinski definition) is 1. The van der Waals surface area contributed by atoms with Gasteiger partial charge in [-0.1, -0.05) is 6.92 Å². The van der Waals surface area contributed by atoms with Gasteiger partial charge in [0.25, 0.3) is 0 Å². The van der Waals surface area contributed by atoms with Crippen LogP contribution in [-0.4, -0.2) is 31.1 Å². The molecule has 0 radical (unpaired) electrons. The molecule has 7 heteroatoms. The Morgan fingerprint density at radius 3 is 2.58 bits per heavy atom. The maximum absolute atomic E-state index is 10.8. The molecule has 0 saturated heterocycles. The van der Waals surface area contributed by atoms with E-state index in [1.807, 2.05) is 13.8 Å². The fourth-order valence-corrected chi connectivity index (χ4v) is 1.92. The summed E-state index contributed by atoms with van der Waals surface area (Å²) in [6.07, 6.45) is 0.663. The number of carboxylic acid groups (broad SMARTS) is 1. The number of carbonyl (C=O) groups is 1. The van der Waals surface area contributed by atoms with Crippen molar-refractivity contribution in [1.29, 1.82) is 0 Å². The van der Waals surface area contributed by atoms with Crippen LogP contribution >= 0.6 is 0 Å². The van der Waals surface area contributed by atoms with Gasteiger partial charge in [-0.05, 0) is 13.8 Å². The smallest absolute Gasteiger partial charge is 0.307 e. The normalized spacial score (nSPS) is 10.9. The fraction of sp³-hybridized carbons (Fsp3) is 0.500. The number of hydrogen-bond acceptors (Lipinski definition) is 5. The zero-order valence-corrected chi connectivity index (χ0v) is 11.2. The van der Waals surface area contributed by atoms with Gasteiger partial charge in [-0.25, -0.2) is 0 Å². The zero-order valence-electron chi connectivity index (χ0n) is 11.2. The Labute approximate surface area is 110 Å². The molecule has 0 amide bonds. The van der Waals surface area contributed by atoms with Crippen molar-refractivity contribution in [2.24, 2.45) is 0 Å². The Hall–Kier alpha value is -2.18. The van der Waals surface area contributed by atoms with Crippen LogP contribution in [0.4, 0.5) is 0 Å². The first-order chi connectivity index (χ1) is 9.01. The second-order valence-electron chi connectivity index (χ2n) is 4.32. The van der Waals surface area contributed by atoms with Crippen molar-refractivity contribution in [1.82, 2.24) is 20.0 Å². The minimum Gasteiger partial charge on any atom is -0.481 e. The molecule has 0 fully saturated rings. The van der Waals surface area contributed by atoms with Crippen LogP contribution in [0, 0.1) is 13.8 Å². The highest BCUT2D eigenvalue weighted by Crippen LogP contribution is 2.15. The quantitative estimate of drug-likeness (QED) is 0.869. The van der Waals surface area contributed by atoms with E-state index in [9.17, 15) is 4.79 Å². The van der Waals surface area contributed by atoms with Gasteiger partial charge in [0.1, 0.15) is 6.54 Å². The Balaban J connectivity index is 2.23. The van der Waals surface area contributed by atoms with E-state index in [2.05, 4.69) is 15.3 Å². The lowest BCUT2D eigenvalue weighted by Crippen LogP contribution is -2.06. The van der Waals surface area contributed by atoms with E-state index in [0.717, 1.165) is 17.0 Å². The SMILES string of the molecule is CCc1nnc(Cn2nc(C)c(CC(=O)O)c2C)o1. The number of aliphatic carboxylic acids is 1. The summed E-state index contributed by atoms with van der Waals surface area (Å²) in [5, 5.41) is 21.0. The van der Waals surface area contributed by atoms with Crippen LogP contribution in [0.25, 0.3) is 0 Å². The summed E-state index contributed by atoms with van der Waals surface area (Å²) in [6, 6.07) is 0.